The van der Waals surface area contributed by atoms with E-state index in [1.54, 1.807) is 0 Å². The van der Waals surface area contributed by atoms with Crippen molar-refractivity contribution < 1.29 is 29.0 Å². The van der Waals surface area contributed by atoms with Gasteiger partial charge < -0.3 is 19.5 Å². The van der Waals surface area contributed by atoms with Crippen molar-refractivity contribution >= 4 is 17.9 Å². The van der Waals surface area contributed by atoms with E-state index in [0.717, 1.165) is 116 Å². The topological polar surface area (TPSA) is 93.1 Å². The minimum Gasteiger partial charge on any atom is -0.481 e. The van der Waals surface area contributed by atoms with Crippen molar-refractivity contribution in [3.63, 3.8) is 0 Å². The Hall–Kier alpha value is -1.63. The van der Waals surface area contributed by atoms with Crippen LogP contribution in [-0.2, 0) is 23.9 Å². The third-order valence-corrected chi connectivity index (χ3v) is 9.67. The van der Waals surface area contributed by atoms with Crippen molar-refractivity contribution in [2.45, 2.75) is 226 Å². The predicted molar refractivity (Wildman–Crippen MR) is 205 cm³/mol. The van der Waals surface area contributed by atoms with Crippen molar-refractivity contribution in [1.82, 2.24) is 4.90 Å². The summed E-state index contributed by atoms with van der Waals surface area (Å²) in [6, 6.07) is 0. The monoisotopic (exact) mass is 696 g/mol. The zero-order valence-corrected chi connectivity index (χ0v) is 32.8. The summed E-state index contributed by atoms with van der Waals surface area (Å²) < 4.78 is 11.3. The molecule has 0 aliphatic rings. The summed E-state index contributed by atoms with van der Waals surface area (Å²) in [5.41, 5.74) is 0. The van der Waals surface area contributed by atoms with Gasteiger partial charge in [0.05, 0.1) is 13.0 Å². The first-order valence-electron chi connectivity index (χ1n) is 21.2. The summed E-state index contributed by atoms with van der Waals surface area (Å²) in [5.74, 6) is -0.820. The lowest BCUT2D eigenvalue weighted by Crippen LogP contribution is -2.28. The Bertz CT molecular complexity index is 745. The second kappa shape index (κ2) is 37.6. The number of esters is 2. The Labute approximate surface area is 303 Å². The SMILES string of the molecule is CCCCCCCCCOC(=O)CCCCCCCN(CCCCCCCC(=O)OC(CCCCCC)CCCCCCC)CCC(=O)O. The number of carbonyl (C=O) groups excluding carboxylic acids is 2. The van der Waals surface area contributed by atoms with E-state index in [0.29, 0.717) is 26.0 Å². The maximum Gasteiger partial charge on any atom is 0.306 e. The number of nitrogens with zero attached hydrogens (tertiary/aromatic N) is 1. The highest BCUT2D eigenvalue weighted by Gasteiger charge is 2.14. The molecule has 0 fully saturated rings. The number of carboxylic acids is 1. The smallest absolute Gasteiger partial charge is 0.306 e. The van der Waals surface area contributed by atoms with E-state index in [9.17, 15) is 19.5 Å². The molecule has 7 heteroatoms. The Morgan fingerprint density at radius 1 is 0.469 bits per heavy atom. The molecule has 0 saturated heterocycles. The van der Waals surface area contributed by atoms with E-state index < -0.39 is 5.97 Å². The number of carboxylic acid groups (broad SMARTS) is 1. The van der Waals surface area contributed by atoms with Crippen LogP contribution in [0.3, 0.4) is 0 Å². The second-order valence-corrected chi connectivity index (χ2v) is 14.5. The number of ether oxygens (including phenoxy) is 2. The van der Waals surface area contributed by atoms with Gasteiger partial charge in [0.1, 0.15) is 6.10 Å². The molecule has 1 atom stereocenters. The summed E-state index contributed by atoms with van der Waals surface area (Å²) in [5, 5.41) is 9.20. The van der Waals surface area contributed by atoms with Crippen LogP contribution < -0.4 is 0 Å². The predicted octanol–water partition coefficient (Wildman–Crippen LogP) is 12.0. The highest BCUT2D eigenvalue weighted by atomic mass is 16.5. The fourth-order valence-corrected chi connectivity index (χ4v) is 6.46. The molecule has 0 saturated carbocycles. The number of unbranched alkanes of at least 4 members (excludes halogenated alkanes) is 21. The molecule has 290 valence electrons. The van der Waals surface area contributed by atoms with Gasteiger partial charge in [0.15, 0.2) is 0 Å². The zero-order chi connectivity index (χ0) is 36.0. The van der Waals surface area contributed by atoms with E-state index in [2.05, 4.69) is 25.7 Å². The molecule has 7 nitrogen and oxygen atoms in total. The molecule has 0 aromatic carbocycles. The minimum absolute atomic E-state index is 0.0207. The average Bonchev–Trinajstić information content (AvgIpc) is 3.08. The third-order valence-electron chi connectivity index (χ3n) is 9.67. The third kappa shape index (κ3) is 36.0. The van der Waals surface area contributed by atoms with Gasteiger partial charge in [0, 0.05) is 19.4 Å². The first kappa shape index (κ1) is 47.4. The molecule has 0 spiro atoms. The van der Waals surface area contributed by atoms with Gasteiger partial charge in [-0.2, -0.15) is 0 Å². The van der Waals surface area contributed by atoms with E-state index in [1.807, 2.05) is 0 Å². The average molecular weight is 696 g/mol. The number of rotatable bonds is 39. The standard InChI is InChI=1S/C42H81NO6/c1-4-7-10-13-14-22-29-38-48-41(46)32-25-18-15-20-27-35-43(37-34-40(44)45)36-28-21-16-19-26-33-42(47)49-39(30-23-12-9-6-3)31-24-17-11-8-5-2/h39H,4-38H2,1-3H3,(H,44,45). The van der Waals surface area contributed by atoms with E-state index in [1.165, 1.54) is 77.0 Å². The van der Waals surface area contributed by atoms with Crippen LogP contribution in [0.1, 0.15) is 220 Å². The highest BCUT2D eigenvalue weighted by molar-refractivity contribution is 5.69. The molecule has 49 heavy (non-hydrogen) atoms. The minimum atomic E-state index is -0.740. The van der Waals surface area contributed by atoms with Gasteiger partial charge in [-0.1, -0.05) is 143 Å². The van der Waals surface area contributed by atoms with Gasteiger partial charge in [-0.3, -0.25) is 14.4 Å². The van der Waals surface area contributed by atoms with Gasteiger partial charge in [-0.05, 0) is 70.9 Å². The molecule has 0 aliphatic carbocycles. The van der Waals surface area contributed by atoms with Crippen molar-refractivity contribution in [3.05, 3.63) is 0 Å². The number of aliphatic carboxylic acids is 1. The van der Waals surface area contributed by atoms with Crippen LogP contribution >= 0.6 is 0 Å². The number of carbonyl (C=O) groups is 3. The normalized spacial score (nSPS) is 12.0. The molecule has 0 aliphatic heterocycles. The van der Waals surface area contributed by atoms with Crippen LogP contribution in [0, 0.1) is 0 Å². The maximum atomic E-state index is 12.6. The van der Waals surface area contributed by atoms with Crippen molar-refractivity contribution in [3.8, 4) is 0 Å². The van der Waals surface area contributed by atoms with Crippen LogP contribution in [0.15, 0.2) is 0 Å². The van der Waals surface area contributed by atoms with Crippen LogP contribution in [0.4, 0.5) is 0 Å². The fourth-order valence-electron chi connectivity index (χ4n) is 6.46. The molecule has 0 aromatic rings. The summed E-state index contributed by atoms with van der Waals surface area (Å²) in [7, 11) is 0. The molecule has 0 bridgehead atoms. The lowest BCUT2D eigenvalue weighted by molar-refractivity contribution is -0.150. The largest absolute Gasteiger partial charge is 0.481 e. The Kier molecular flexibility index (Phi) is 36.4. The summed E-state index contributed by atoms with van der Waals surface area (Å²) in [4.78, 5) is 38.1. The van der Waals surface area contributed by atoms with Gasteiger partial charge in [-0.25, -0.2) is 0 Å². The van der Waals surface area contributed by atoms with Gasteiger partial charge in [0.25, 0.3) is 0 Å². The molecule has 0 heterocycles. The lowest BCUT2D eigenvalue weighted by Gasteiger charge is -2.21. The number of hydrogen-bond acceptors (Lipinski definition) is 6. The lowest BCUT2D eigenvalue weighted by atomic mass is 10.0. The van der Waals surface area contributed by atoms with Crippen LogP contribution in [0.25, 0.3) is 0 Å². The first-order chi connectivity index (χ1) is 23.9. The zero-order valence-electron chi connectivity index (χ0n) is 32.8. The van der Waals surface area contributed by atoms with Crippen molar-refractivity contribution in [2.75, 3.05) is 26.2 Å². The summed E-state index contributed by atoms with van der Waals surface area (Å²) >= 11 is 0. The van der Waals surface area contributed by atoms with Crippen LogP contribution in [-0.4, -0.2) is 60.3 Å². The van der Waals surface area contributed by atoms with E-state index in [-0.39, 0.29) is 24.5 Å². The maximum absolute atomic E-state index is 12.6. The molecule has 0 radical (unpaired) electrons. The number of hydrogen-bond donors (Lipinski definition) is 1. The molecule has 0 rings (SSSR count). The molecular weight excluding hydrogens is 614 g/mol. The molecule has 0 aromatic heterocycles. The Balaban J connectivity index is 4.04. The Morgan fingerprint density at radius 3 is 1.39 bits per heavy atom. The van der Waals surface area contributed by atoms with E-state index in [4.69, 9.17) is 9.47 Å². The van der Waals surface area contributed by atoms with Crippen LogP contribution in [0.2, 0.25) is 0 Å². The van der Waals surface area contributed by atoms with Gasteiger partial charge in [0.2, 0.25) is 0 Å². The Morgan fingerprint density at radius 2 is 0.878 bits per heavy atom. The first-order valence-corrected chi connectivity index (χ1v) is 21.2. The van der Waals surface area contributed by atoms with Crippen molar-refractivity contribution in [1.29, 1.82) is 0 Å². The van der Waals surface area contributed by atoms with E-state index >= 15 is 0 Å². The second-order valence-electron chi connectivity index (χ2n) is 14.5. The molecule has 1 N–H and O–H groups in total. The molecular formula is C42H81NO6. The quantitative estimate of drug-likeness (QED) is 0.0505. The molecule has 0 amide bonds. The van der Waals surface area contributed by atoms with Crippen molar-refractivity contribution in [2.24, 2.45) is 0 Å². The van der Waals surface area contributed by atoms with Gasteiger partial charge >= 0.3 is 17.9 Å². The van der Waals surface area contributed by atoms with Gasteiger partial charge in [-0.15, -0.1) is 0 Å². The fraction of sp³-hybridized carbons (Fsp3) is 0.929. The summed E-state index contributed by atoms with van der Waals surface area (Å²) in [6.07, 6.45) is 33.3. The highest BCUT2D eigenvalue weighted by Crippen LogP contribution is 2.18. The molecule has 1 unspecified atom stereocenters. The summed E-state index contributed by atoms with van der Waals surface area (Å²) in [6.45, 7) is 9.72. The van der Waals surface area contributed by atoms with Crippen LogP contribution in [0.5, 0.6) is 0 Å².